The second-order valence-corrected chi connectivity index (χ2v) is 33.1. The zero-order chi connectivity index (χ0) is 56.5. The summed E-state index contributed by atoms with van der Waals surface area (Å²) >= 11 is 0. The summed E-state index contributed by atoms with van der Waals surface area (Å²) in [5.74, 6) is 0.801. The van der Waals surface area contributed by atoms with E-state index in [9.17, 15) is 0 Å². The van der Waals surface area contributed by atoms with Crippen LogP contribution in [0, 0.1) is 0 Å². The Bertz CT molecular complexity index is 4490. The normalized spacial score (nSPS) is 14.7. The predicted octanol–water partition coefficient (Wildman–Crippen LogP) is 15.6. The Kier molecular flexibility index (Phi) is 10.3. The minimum absolute atomic E-state index is 0.0261. The average molecular weight is 1070 g/mol. The molecule has 5 heteroatoms. The molecule has 6 heterocycles. The van der Waals surface area contributed by atoms with E-state index in [1.165, 1.54) is 127 Å². The molecule has 9 aromatic carbocycles. The zero-order valence-electron chi connectivity index (χ0n) is 50.6. The van der Waals surface area contributed by atoms with Crippen LogP contribution in [0.1, 0.15) is 156 Å². The Hall–Kier alpha value is -7.34. The lowest BCUT2D eigenvalue weighted by atomic mass is 9.34. The first-order valence-corrected chi connectivity index (χ1v) is 32.1. The highest BCUT2D eigenvalue weighted by Gasteiger charge is 2.57. The van der Waals surface area contributed by atoms with Gasteiger partial charge in [-0.25, -0.2) is 0 Å². The number of aromatic nitrogens is 2. The number of anilines is 3. The van der Waals surface area contributed by atoms with Gasteiger partial charge in [0.05, 0.1) is 22.2 Å². The molecule has 3 nitrogen and oxygen atoms in total. The Balaban J connectivity index is 1.16. The van der Waals surface area contributed by atoms with Gasteiger partial charge in [0.25, 0.3) is 6.71 Å². The maximum Gasteiger partial charge on any atom is 0.252 e. The molecule has 4 aliphatic heterocycles. The summed E-state index contributed by atoms with van der Waals surface area (Å²) < 4.78 is 5.58. The van der Waals surface area contributed by atoms with Gasteiger partial charge < -0.3 is 14.0 Å². The average Bonchev–Trinajstić information content (AvgIpc) is 3.08. The summed E-state index contributed by atoms with van der Waals surface area (Å²) in [6.07, 6.45) is 0. The highest BCUT2D eigenvalue weighted by atomic mass is 28.3. The summed E-state index contributed by atoms with van der Waals surface area (Å²) in [6.45, 7) is 38.2. The Morgan fingerprint density at radius 3 is 1.57 bits per heavy atom. The third-order valence-electron chi connectivity index (χ3n) is 19.6. The molecule has 402 valence electrons. The van der Waals surface area contributed by atoms with Crippen LogP contribution >= 0.6 is 0 Å². The summed E-state index contributed by atoms with van der Waals surface area (Å²) in [7, 11) is -3.18. The minimum Gasteiger partial charge on any atom is -0.310 e. The van der Waals surface area contributed by atoms with Gasteiger partial charge in [0.15, 0.2) is 8.07 Å². The van der Waals surface area contributed by atoms with Crippen LogP contribution in [0.5, 0.6) is 0 Å². The van der Waals surface area contributed by atoms with Gasteiger partial charge in [-0.3, -0.25) is 0 Å². The van der Waals surface area contributed by atoms with Crippen molar-refractivity contribution in [2.24, 2.45) is 0 Å². The van der Waals surface area contributed by atoms with E-state index in [1.807, 2.05) is 0 Å². The van der Waals surface area contributed by atoms with Crippen LogP contribution in [0.25, 0.3) is 66.1 Å². The van der Waals surface area contributed by atoms with Crippen LogP contribution in [-0.2, 0) is 21.7 Å². The molecule has 0 saturated heterocycles. The molecular weight excluding hydrogens is 994 g/mol. The molecule has 0 aliphatic carbocycles. The lowest BCUT2D eigenvalue weighted by Gasteiger charge is -2.43. The lowest BCUT2D eigenvalue weighted by Crippen LogP contribution is -2.77. The summed E-state index contributed by atoms with van der Waals surface area (Å²) in [5, 5.41) is 11.6. The number of hydrogen-bond acceptors (Lipinski definition) is 1. The van der Waals surface area contributed by atoms with Crippen molar-refractivity contribution >= 4 is 113 Å². The molecule has 0 fully saturated rings. The topological polar surface area (TPSA) is 13.1 Å². The largest absolute Gasteiger partial charge is 0.310 e. The van der Waals surface area contributed by atoms with Crippen LogP contribution in [0.15, 0.2) is 158 Å². The molecule has 0 unspecified atom stereocenters. The van der Waals surface area contributed by atoms with Gasteiger partial charge in [-0.1, -0.05) is 214 Å². The number of benzene rings is 9. The Labute approximate surface area is 481 Å². The Morgan fingerprint density at radius 1 is 0.420 bits per heavy atom. The number of nitrogens with zero attached hydrogens (tertiary/aromatic N) is 3. The summed E-state index contributed by atoms with van der Waals surface area (Å²) in [6, 6.07) is 64.1. The molecule has 15 rings (SSSR count). The summed E-state index contributed by atoms with van der Waals surface area (Å²) in [4.78, 5) is 2.53. The lowest BCUT2D eigenvalue weighted by molar-refractivity contribution is 0.590. The first-order valence-electron chi connectivity index (χ1n) is 30.1. The highest BCUT2D eigenvalue weighted by Crippen LogP contribution is 2.49. The maximum atomic E-state index is 2.84. The van der Waals surface area contributed by atoms with E-state index in [0.717, 1.165) is 11.4 Å². The van der Waals surface area contributed by atoms with Crippen molar-refractivity contribution in [3.8, 4) is 22.5 Å². The molecule has 0 saturated carbocycles. The van der Waals surface area contributed by atoms with Crippen LogP contribution in [0.2, 0.25) is 0 Å². The molecule has 2 aromatic heterocycles. The monoisotopic (exact) mass is 1070 g/mol. The fraction of sp³-hybridized carbons (Fsp3) is 0.289. The van der Waals surface area contributed by atoms with Crippen molar-refractivity contribution in [2.75, 3.05) is 4.90 Å². The first-order chi connectivity index (χ1) is 38.4. The minimum atomic E-state index is -3.18. The second kappa shape index (κ2) is 16.4. The van der Waals surface area contributed by atoms with Crippen LogP contribution in [0.3, 0.4) is 0 Å². The number of para-hydroxylation sites is 1. The molecule has 1 spiro atoms. The smallest absolute Gasteiger partial charge is 0.252 e. The van der Waals surface area contributed by atoms with Gasteiger partial charge in [0.2, 0.25) is 0 Å². The van der Waals surface area contributed by atoms with Gasteiger partial charge in [0.1, 0.15) is 0 Å². The fourth-order valence-corrected chi connectivity index (χ4v) is 20.8. The van der Waals surface area contributed by atoms with Gasteiger partial charge in [-0.05, 0) is 170 Å². The molecule has 0 amide bonds. The molecule has 0 atom stereocenters. The Morgan fingerprint density at radius 2 is 0.975 bits per heavy atom. The van der Waals surface area contributed by atoms with Crippen molar-refractivity contribution in [3.63, 3.8) is 0 Å². The van der Waals surface area contributed by atoms with E-state index in [4.69, 9.17) is 0 Å². The molecular formula is C76H76BN3Si. The second-order valence-electron chi connectivity index (χ2n) is 29.4. The molecule has 11 aromatic rings. The third kappa shape index (κ3) is 6.76. The van der Waals surface area contributed by atoms with Crippen molar-refractivity contribution in [1.82, 2.24) is 9.13 Å². The zero-order valence-corrected chi connectivity index (χ0v) is 51.6. The number of fused-ring (bicyclic) bond motifs is 14. The van der Waals surface area contributed by atoms with Crippen LogP contribution in [0.4, 0.5) is 17.1 Å². The fourth-order valence-electron chi connectivity index (χ4n) is 15.2. The van der Waals surface area contributed by atoms with E-state index in [-0.39, 0.29) is 28.4 Å². The maximum absolute atomic E-state index is 3.18. The number of hydrogen-bond donors (Lipinski definition) is 0. The standard InChI is InChI=1S/C76H76BN3Si/c1-43(2)45-22-27-52(28-23-45)78(51-20-18-17-19-21-51)60-33-32-58-71-67(60)55-29-24-46(44(3)4)36-62(55)79(71)61-34-35-63-72-68(61)77(58)59-39-49(75(11,12)13)37-56-57-38-50(76(14,15)16)42-66(70(57)80(72)69(56)59)81(63)64-40-47(73(5,6)7)25-30-53(64)54-31-26-48(41-65(54)81)74(8,9)10/h17-44H,1-16H3. The van der Waals surface area contributed by atoms with E-state index in [2.05, 4.69) is 283 Å². The molecule has 81 heavy (non-hydrogen) atoms. The van der Waals surface area contributed by atoms with Gasteiger partial charge in [-0.15, -0.1) is 0 Å². The van der Waals surface area contributed by atoms with Crippen LogP contribution in [-0.4, -0.2) is 23.9 Å². The van der Waals surface area contributed by atoms with Gasteiger partial charge in [-0.2, -0.15) is 0 Å². The first kappa shape index (κ1) is 50.6. The van der Waals surface area contributed by atoms with E-state index in [1.54, 1.807) is 15.6 Å². The van der Waals surface area contributed by atoms with Crippen molar-refractivity contribution in [2.45, 2.75) is 144 Å². The SMILES string of the molecule is CC(C)c1ccc(N(c2ccccc2)c2ccc3c4c2c2ccc(C(C)C)cc2n4-c2ccc4c5c2B3c2cc(C(C)(C)C)cc3c6cc(C(C)(C)C)cc(c6n-5c23)[Si]42c3cc(C(C)(C)C)ccc3-c3ccc(C(C)(C)C)cc32)cc1. The third-order valence-corrected chi connectivity index (χ3v) is 24.5. The molecule has 4 aliphatic rings. The van der Waals surface area contributed by atoms with Gasteiger partial charge in [0, 0.05) is 49.8 Å². The van der Waals surface area contributed by atoms with E-state index < -0.39 is 8.07 Å². The summed E-state index contributed by atoms with van der Waals surface area (Å²) in [5.41, 5.74) is 26.8. The van der Waals surface area contributed by atoms with E-state index >= 15 is 0 Å². The van der Waals surface area contributed by atoms with Crippen LogP contribution < -0.4 is 42.0 Å². The predicted molar refractivity (Wildman–Crippen MR) is 354 cm³/mol. The highest BCUT2D eigenvalue weighted by molar-refractivity contribution is 7.24. The molecule has 0 bridgehead atoms. The van der Waals surface area contributed by atoms with Crippen molar-refractivity contribution < 1.29 is 0 Å². The number of rotatable bonds is 5. The van der Waals surface area contributed by atoms with Gasteiger partial charge >= 0.3 is 0 Å². The molecule has 0 radical (unpaired) electrons. The van der Waals surface area contributed by atoms with Crippen molar-refractivity contribution in [3.05, 3.63) is 191 Å². The quantitative estimate of drug-likeness (QED) is 0.157. The molecule has 0 N–H and O–H groups in total. The van der Waals surface area contributed by atoms with E-state index in [0.29, 0.717) is 11.8 Å². The van der Waals surface area contributed by atoms with Crippen molar-refractivity contribution in [1.29, 1.82) is 0 Å².